The fourth-order valence-electron chi connectivity index (χ4n) is 3.18. The first kappa shape index (κ1) is 10.1. The number of hydrogen-bond acceptors (Lipinski definition) is 1. The Hall–Kier alpha value is -1.08. The molecule has 1 fully saturated rings. The highest BCUT2D eigenvalue weighted by Crippen LogP contribution is 2.42. The molecular weight excluding hydrogens is 196 g/mol. The van der Waals surface area contributed by atoms with Crippen molar-refractivity contribution >= 4 is 5.57 Å². The second-order valence-electron chi connectivity index (χ2n) is 5.08. The van der Waals surface area contributed by atoms with E-state index in [1.807, 2.05) is 0 Å². The molecule has 16 heavy (non-hydrogen) atoms. The summed E-state index contributed by atoms with van der Waals surface area (Å²) in [6.45, 7) is 0. The molecule has 4 rings (SSSR count). The van der Waals surface area contributed by atoms with Crippen molar-refractivity contribution in [1.29, 1.82) is 0 Å². The molecule has 1 saturated carbocycles. The Balaban J connectivity index is 1.99. The highest BCUT2D eigenvalue weighted by atomic mass is 16.3. The Morgan fingerprint density at radius 2 is 1.88 bits per heavy atom. The van der Waals surface area contributed by atoms with Crippen molar-refractivity contribution < 1.29 is 5.11 Å². The number of allylic oxidation sites excluding steroid dienone is 1. The van der Waals surface area contributed by atoms with Crippen LogP contribution in [0.3, 0.4) is 0 Å². The van der Waals surface area contributed by atoms with Crippen molar-refractivity contribution in [1.82, 2.24) is 0 Å². The summed E-state index contributed by atoms with van der Waals surface area (Å²) in [6, 6.07) is 10.7. The second kappa shape index (κ2) is 4.06. The maximum absolute atomic E-state index is 10.00. The summed E-state index contributed by atoms with van der Waals surface area (Å²) in [6.07, 6.45) is 6.87. The van der Waals surface area contributed by atoms with Crippen LogP contribution in [0.5, 0.6) is 0 Å². The first-order valence-corrected chi connectivity index (χ1v) is 6.30. The molecule has 1 heteroatoms. The molecule has 0 saturated heterocycles. The molecule has 0 heterocycles. The monoisotopic (exact) mass is 214 g/mol. The van der Waals surface area contributed by atoms with E-state index in [2.05, 4.69) is 36.4 Å². The van der Waals surface area contributed by atoms with Crippen molar-refractivity contribution in [3.63, 3.8) is 0 Å². The van der Waals surface area contributed by atoms with E-state index in [9.17, 15) is 5.11 Å². The molecule has 0 radical (unpaired) electrons. The van der Waals surface area contributed by atoms with E-state index in [0.29, 0.717) is 11.8 Å². The Labute approximate surface area is 96.8 Å². The van der Waals surface area contributed by atoms with Crippen molar-refractivity contribution in [2.45, 2.75) is 31.8 Å². The number of rotatable bonds is 1. The van der Waals surface area contributed by atoms with E-state index in [1.165, 1.54) is 24.0 Å². The van der Waals surface area contributed by atoms with Crippen LogP contribution in [0.15, 0.2) is 36.4 Å². The lowest BCUT2D eigenvalue weighted by Crippen LogP contribution is -2.24. The number of fused-ring (bicyclic) bond motifs is 3. The summed E-state index contributed by atoms with van der Waals surface area (Å²) < 4.78 is 0. The van der Waals surface area contributed by atoms with Gasteiger partial charge in [0.25, 0.3) is 0 Å². The van der Waals surface area contributed by atoms with Gasteiger partial charge in [0.05, 0.1) is 6.10 Å². The molecule has 0 aliphatic heterocycles. The van der Waals surface area contributed by atoms with E-state index < -0.39 is 0 Å². The van der Waals surface area contributed by atoms with Crippen LogP contribution in [0.2, 0.25) is 0 Å². The van der Waals surface area contributed by atoms with E-state index in [4.69, 9.17) is 0 Å². The van der Waals surface area contributed by atoms with Gasteiger partial charge in [-0.3, -0.25) is 0 Å². The minimum Gasteiger partial charge on any atom is -0.392 e. The van der Waals surface area contributed by atoms with Crippen LogP contribution < -0.4 is 0 Å². The summed E-state index contributed by atoms with van der Waals surface area (Å²) in [5, 5.41) is 10.00. The molecule has 3 atom stereocenters. The van der Waals surface area contributed by atoms with Crippen molar-refractivity contribution in [3.05, 3.63) is 42.0 Å². The van der Waals surface area contributed by atoms with Gasteiger partial charge in [-0.1, -0.05) is 42.8 Å². The van der Waals surface area contributed by atoms with Crippen LogP contribution in [-0.4, -0.2) is 11.2 Å². The SMILES string of the molecule is OC1CC2CCCC1C=C2c1ccccc1. The van der Waals surface area contributed by atoms with Gasteiger partial charge in [0, 0.05) is 5.92 Å². The zero-order valence-corrected chi connectivity index (χ0v) is 9.47. The fraction of sp³-hybridized carbons (Fsp3) is 0.467. The van der Waals surface area contributed by atoms with Crippen LogP contribution >= 0.6 is 0 Å². The smallest absolute Gasteiger partial charge is 0.0608 e. The quantitative estimate of drug-likeness (QED) is 0.760. The van der Waals surface area contributed by atoms with E-state index in [1.54, 1.807) is 0 Å². The molecule has 1 nitrogen and oxygen atoms in total. The van der Waals surface area contributed by atoms with Crippen molar-refractivity contribution in [2.24, 2.45) is 11.8 Å². The summed E-state index contributed by atoms with van der Waals surface area (Å²) >= 11 is 0. The van der Waals surface area contributed by atoms with Gasteiger partial charge in [-0.15, -0.1) is 0 Å². The first-order chi connectivity index (χ1) is 7.84. The van der Waals surface area contributed by atoms with Gasteiger partial charge in [0.2, 0.25) is 0 Å². The summed E-state index contributed by atoms with van der Waals surface area (Å²) in [5.41, 5.74) is 2.83. The van der Waals surface area contributed by atoms with Gasteiger partial charge in [-0.2, -0.15) is 0 Å². The van der Waals surface area contributed by atoms with Crippen LogP contribution in [0, 0.1) is 11.8 Å². The molecule has 1 aromatic carbocycles. The summed E-state index contributed by atoms with van der Waals surface area (Å²) in [7, 11) is 0. The minimum absolute atomic E-state index is 0.0973. The molecule has 0 spiro atoms. The topological polar surface area (TPSA) is 20.2 Å². The van der Waals surface area contributed by atoms with Crippen LogP contribution in [0.1, 0.15) is 31.2 Å². The Morgan fingerprint density at radius 3 is 2.69 bits per heavy atom. The molecule has 2 bridgehead atoms. The number of hydrogen-bond donors (Lipinski definition) is 1. The minimum atomic E-state index is -0.0973. The molecule has 84 valence electrons. The van der Waals surface area contributed by atoms with Crippen LogP contribution in [-0.2, 0) is 0 Å². The highest BCUT2D eigenvalue weighted by Gasteiger charge is 2.33. The molecule has 3 unspecified atom stereocenters. The largest absolute Gasteiger partial charge is 0.392 e. The average Bonchev–Trinajstić information content (AvgIpc) is 2.62. The second-order valence-corrected chi connectivity index (χ2v) is 5.08. The van der Waals surface area contributed by atoms with Crippen molar-refractivity contribution in [3.8, 4) is 0 Å². The lowest BCUT2D eigenvalue weighted by Gasteiger charge is -2.29. The normalized spacial score (nSPS) is 33.3. The summed E-state index contributed by atoms with van der Waals surface area (Å²) in [5.74, 6) is 0.977. The van der Waals surface area contributed by atoms with Gasteiger partial charge in [-0.05, 0) is 36.3 Å². The molecular formula is C15H18O. The van der Waals surface area contributed by atoms with Gasteiger partial charge < -0.3 is 5.11 Å². The van der Waals surface area contributed by atoms with Crippen molar-refractivity contribution in [2.75, 3.05) is 0 Å². The third-order valence-corrected chi connectivity index (χ3v) is 4.05. The Morgan fingerprint density at radius 1 is 1.06 bits per heavy atom. The number of aliphatic hydroxyl groups excluding tert-OH is 1. The van der Waals surface area contributed by atoms with E-state index in [0.717, 1.165) is 12.8 Å². The Kier molecular flexibility index (Phi) is 2.56. The maximum atomic E-state index is 10.00. The number of aliphatic hydroxyl groups is 1. The molecule has 0 amide bonds. The Bertz CT molecular complexity index is 393. The average molecular weight is 214 g/mol. The zero-order chi connectivity index (χ0) is 11.0. The van der Waals surface area contributed by atoms with E-state index >= 15 is 0 Å². The van der Waals surface area contributed by atoms with Gasteiger partial charge in [-0.25, -0.2) is 0 Å². The summed E-state index contributed by atoms with van der Waals surface area (Å²) in [4.78, 5) is 0. The van der Waals surface area contributed by atoms with Gasteiger partial charge in [0.15, 0.2) is 0 Å². The molecule has 3 aliphatic carbocycles. The molecule has 0 aromatic heterocycles. The highest BCUT2D eigenvalue weighted by molar-refractivity contribution is 5.68. The zero-order valence-electron chi connectivity index (χ0n) is 9.47. The van der Waals surface area contributed by atoms with Crippen LogP contribution in [0.25, 0.3) is 5.57 Å². The lowest BCUT2D eigenvalue weighted by molar-refractivity contribution is 0.111. The molecule has 3 aliphatic rings. The number of benzene rings is 1. The predicted molar refractivity (Wildman–Crippen MR) is 65.9 cm³/mol. The lowest BCUT2D eigenvalue weighted by atomic mass is 9.79. The first-order valence-electron chi connectivity index (χ1n) is 6.30. The van der Waals surface area contributed by atoms with E-state index in [-0.39, 0.29) is 6.10 Å². The van der Waals surface area contributed by atoms with Crippen LogP contribution in [0.4, 0.5) is 0 Å². The third kappa shape index (κ3) is 1.69. The molecule has 1 N–H and O–H groups in total. The third-order valence-electron chi connectivity index (χ3n) is 4.05. The predicted octanol–water partition coefficient (Wildman–Crippen LogP) is 3.25. The standard InChI is InChI=1S/C15H18O/c16-15-10-12-7-4-8-13(15)9-14(12)11-5-2-1-3-6-11/h1-3,5-6,9,12-13,15-16H,4,7-8,10H2. The fourth-order valence-corrected chi connectivity index (χ4v) is 3.18. The maximum Gasteiger partial charge on any atom is 0.0608 e. The van der Waals surface area contributed by atoms with Gasteiger partial charge >= 0.3 is 0 Å². The van der Waals surface area contributed by atoms with Gasteiger partial charge in [0.1, 0.15) is 0 Å². The molecule has 1 aromatic rings.